The van der Waals surface area contributed by atoms with Crippen LogP contribution in [0.4, 0.5) is 5.69 Å². The normalized spacial score (nSPS) is 12.3. The van der Waals surface area contributed by atoms with E-state index in [4.69, 9.17) is 4.74 Å². The molecule has 1 unspecified atom stereocenters. The Hall–Kier alpha value is -3.36. The molecular weight excluding hydrogens is 462 g/mol. The Morgan fingerprint density at radius 1 is 0.943 bits per heavy atom. The van der Waals surface area contributed by atoms with Crippen molar-refractivity contribution in [2.45, 2.75) is 24.3 Å². The fourth-order valence-electron chi connectivity index (χ4n) is 3.83. The van der Waals surface area contributed by atoms with Crippen molar-refractivity contribution >= 4 is 21.6 Å². The lowest BCUT2D eigenvalue weighted by Crippen LogP contribution is -2.38. The number of hydrogen-bond donors (Lipinski definition) is 1. The number of nitrogens with zero attached hydrogens (tertiary/aromatic N) is 2. The molecule has 0 aliphatic heterocycles. The Labute approximate surface area is 208 Å². The van der Waals surface area contributed by atoms with Gasteiger partial charge in [-0.15, -0.1) is 0 Å². The first kappa shape index (κ1) is 26.2. The third-order valence-corrected chi connectivity index (χ3v) is 7.65. The van der Waals surface area contributed by atoms with Crippen molar-refractivity contribution in [1.82, 2.24) is 10.2 Å². The average molecular weight is 496 g/mol. The standard InChI is InChI=1S/C27H33N3O4S/c1-21-14-16-23(17-15-21)35(32,33)30(22-10-6-5-7-11-22)19-18-27(31)28-20-25(29(2)3)24-12-8-9-13-26(24)34-4/h5-17,25H,18-20H2,1-4H3,(H,28,31). The summed E-state index contributed by atoms with van der Waals surface area (Å²) in [4.78, 5) is 15.0. The second kappa shape index (κ2) is 11.9. The average Bonchev–Trinajstić information content (AvgIpc) is 2.85. The lowest BCUT2D eigenvalue weighted by atomic mass is 10.0. The van der Waals surface area contributed by atoms with Gasteiger partial charge < -0.3 is 15.0 Å². The van der Waals surface area contributed by atoms with Crippen molar-refractivity contribution in [2.75, 3.05) is 38.6 Å². The predicted octanol–water partition coefficient (Wildman–Crippen LogP) is 4.01. The maximum Gasteiger partial charge on any atom is 0.264 e. The number of anilines is 1. The summed E-state index contributed by atoms with van der Waals surface area (Å²) < 4.78 is 33.7. The number of hydrogen-bond acceptors (Lipinski definition) is 5. The fourth-order valence-corrected chi connectivity index (χ4v) is 5.30. The minimum absolute atomic E-state index is 0.0199. The molecule has 0 heterocycles. The molecule has 0 aromatic heterocycles. The van der Waals surface area contributed by atoms with Crippen LogP contribution in [0.3, 0.4) is 0 Å². The highest BCUT2D eigenvalue weighted by atomic mass is 32.2. The van der Waals surface area contributed by atoms with Crippen molar-refractivity contribution in [2.24, 2.45) is 0 Å². The van der Waals surface area contributed by atoms with Gasteiger partial charge in [-0.3, -0.25) is 9.10 Å². The number of likely N-dealkylation sites (N-methyl/N-ethyl adjacent to an activating group) is 1. The SMILES string of the molecule is COc1ccccc1C(CNC(=O)CCN(c1ccccc1)S(=O)(=O)c1ccc(C)cc1)N(C)C. The maximum atomic E-state index is 13.4. The van der Waals surface area contributed by atoms with Crippen molar-refractivity contribution in [3.63, 3.8) is 0 Å². The fraction of sp³-hybridized carbons (Fsp3) is 0.296. The number of nitrogens with one attached hydrogen (secondary N) is 1. The molecule has 0 radical (unpaired) electrons. The second-order valence-electron chi connectivity index (χ2n) is 8.50. The van der Waals surface area contributed by atoms with Crippen LogP contribution < -0.4 is 14.4 Å². The Bertz CT molecular complexity index is 1210. The van der Waals surface area contributed by atoms with E-state index in [1.165, 1.54) is 4.31 Å². The number of amides is 1. The zero-order chi connectivity index (χ0) is 25.4. The number of carbonyl (C=O) groups is 1. The molecule has 0 aliphatic rings. The summed E-state index contributed by atoms with van der Waals surface area (Å²) in [6.45, 7) is 2.29. The van der Waals surface area contributed by atoms with Gasteiger partial charge in [0.1, 0.15) is 5.75 Å². The highest BCUT2D eigenvalue weighted by Gasteiger charge is 2.26. The number of rotatable bonds is 11. The van der Waals surface area contributed by atoms with Crippen molar-refractivity contribution in [3.8, 4) is 5.75 Å². The lowest BCUT2D eigenvalue weighted by molar-refractivity contribution is -0.121. The lowest BCUT2D eigenvalue weighted by Gasteiger charge is -2.27. The van der Waals surface area contributed by atoms with Gasteiger partial charge in [-0.2, -0.15) is 0 Å². The van der Waals surface area contributed by atoms with E-state index < -0.39 is 10.0 Å². The van der Waals surface area contributed by atoms with E-state index in [0.717, 1.165) is 16.9 Å². The molecule has 1 N–H and O–H groups in total. The molecule has 1 atom stereocenters. The number of methoxy groups -OCH3 is 1. The zero-order valence-corrected chi connectivity index (χ0v) is 21.5. The predicted molar refractivity (Wildman–Crippen MR) is 139 cm³/mol. The van der Waals surface area contributed by atoms with E-state index in [-0.39, 0.29) is 29.8 Å². The Morgan fingerprint density at radius 3 is 2.20 bits per heavy atom. The summed E-state index contributed by atoms with van der Waals surface area (Å²) in [5.41, 5.74) is 2.45. The maximum absolute atomic E-state index is 13.4. The molecule has 3 aromatic rings. The van der Waals surface area contributed by atoms with E-state index in [0.29, 0.717) is 12.2 Å². The van der Waals surface area contributed by atoms with E-state index >= 15 is 0 Å². The minimum atomic E-state index is -3.83. The number of para-hydroxylation sites is 2. The van der Waals surface area contributed by atoms with Crippen LogP contribution in [0, 0.1) is 6.92 Å². The first-order chi connectivity index (χ1) is 16.7. The monoisotopic (exact) mass is 495 g/mol. The highest BCUT2D eigenvalue weighted by molar-refractivity contribution is 7.92. The minimum Gasteiger partial charge on any atom is -0.496 e. The Balaban J connectivity index is 1.74. The van der Waals surface area contributed by atoms with Gasteiger partial charge in [0.05, 0.1) is 23.7 Å². The molecule has 0 bridgehead atoms. The Kier molecular flexibility index (Phi) is 8.89. The first-order valence-corrected chi connectivity index (χ1v) is 12.9. The number of benzene rings is 3. The third kappa shape index (κ3) is 6.61. The van der Waals surface area contributed by atoms with Crippen LogP contribution in [0.5, 0.6) is 5.75 Å². The van der Waals surface area contributed by atoms with E-state index in [1.807, 2.05) is 56.3 Å². The molecule has 0 saturated heterocycles. The molecule has 0 spiro atoms. The molecule has 1 amide bonds. The quantitative estimate of drug-likeness (QED) is 0.435. The largest absolute Gasteiger partial charge is 0.496 e. The molecule has 186 valence electrons. The summed E-state index contributed by atoms with van der Waals surface area (Å²) in [6, 6.07) is 23.2. The first-order valence-electron chi connectivity index (χ1n) is 11.4. The van der Waals surface area contributed by atoms with Gasteiger partial charge in [-0.25, -0.2) is 8.42 Å². The molecule has 7 nitrogen and oxygen atoms in total. The zero-order valence-electron chi connectivity index (χ0n) is 20.6. The van der Waals surface area contributed by atoms with Gasteiger partial charge in [0.25, 0.3) is 10.0 Å². The number of carbonyl (C=O) groups excluding carboxylic acids is 1. The summed E-state index contributed by atoms with van der Waals surface area (Å²) in [7, 11) is 1.67. The van der Waals surface area contributed by atoms with Crippen LogP contribution in [0.15, 0.2) is 83.8 Å². The summed E-state index contributed by atoms with van der Waals surface area (Å²) >= 11 is 0. The van der Waals surface area contributed by atoms with Gasteiger partial charge in [-0.05, 0) is 51.4 Å². The number of sulfonamides is 1. The summed E-state index contributed by atoms with van der Waals surface area (Å²) in [5.74, 6) is 0.520. The molecule has 0 saturated carbocycles. The number of aryl methyl sites for hydroxylation is 1. The van der Waals surface area contributed by atoms with Crippen LogP contribution >= 0.6 is 0 Å². The summed E-state index contributed by atoms with van der Waals surface area (Å²) in [5, 5.41) is 2.96. The molecule has 3 aromatic carbocycles. The smallest absolute Gasteiger partial charge is 0.264 e. The van der Waals surface area contributed by atoms with Crippen LogP contribution in [0.1, 0.15) is 23.6 Å². The molecular formula is C27H33N3O4S. The van der Waals surface area contributed by atoms with E-state index in [2.05, 4.69) is 5.32 Å². The van der Waals surface area contributed by atoms with E-state index in [1.54, 1.807) is 55.6 Å². The Morgan fingerprint density at radius 2 is 1.57 bits per heavy atom. The topological polar surface area (TPSA) is 79.0 Å². The van der Waals surface area contributed by atoms with Gasteiger partial charge >= 0.3 is 0 Å². The van der Waals surface area contributed by atoms with Crippen molar-refractivity contribution in [3.05, 3.63) is 90.0 Å². The van der Waals surface area contributed by atoms with Crippen LogP contribution in [0.25, 0.3) is 0 Å². The van der Waals surface area contributed by atoms with Gasteiger partial charge in [0.2, 0.25) is 5.91 Å². The van der Waals surface area contributed by atoms with Crippen molar-refractivity contribution in [1.29, 1.82) is 0 Å². The van der Waals surface area contributed by atoms with Crippen molar-refractivity contribution < 1.29 is 17.9 Å². The molecule has 0 aliphatic carbocycles. The molecule has 35 heavy (non-hydrogen) atoms. The second-order valence-corrected chi connectivity index (χ2v) is 10.4. The third-order valence-electron chi connectivity index (χ3n) is 5.81. The van der Waals surface area contributed by atoms with Gasteiger partial charge in [-0.1, -0.05) is 54.1 Å². The van der Waals surface area contributed by atoms with E-state index in [9.17, 15) is 13.2 Å². The summed E-state index contributed by atoms with van der Waals surface area (Å²) in [6.07, 6.45) is 0.0199. The molecule has 8 heteroatoms. The molecule has 3 rings (SSSR count). The highest BCUT2D eigenvalue weighted by Crippen LogP contribution is 2.28. The van der Waals surface area contributed by atoms with Crippen LogP contribution in [-0.2, 0) is 14.8 Å². The number of ether oxygens (including phenoxy) is 1. The van der Waals surface area contributed by atoms with Gasteiger partial charge in [0.15, 0.2) is 0 Å². The van der Waals surface area contributed by atoms with Gasteiger partial charge in [0, 0.05) is 25.1 Å². The van der Waals surface area contributed by atoms with Crippen LogP contribution in [-0.4, -0.2) is 53.5 Å². The van der Waals surface area contributed by atoms with Crippen LogP contribution in [0.2, 0.25) is 0 Å². The molecule has 0 fully saturated rings.